The van der Waals surface area contributed by atoms with Crippen molar-refractivity contribution in [2.75, 3.05) is 5.32 Å². The van der Waals surface area contributed by atoms with Gasteiger partial charge in [-0.3, -0.25) is 0 Å². The third-order valence-electron chi connectivity index (χ3n) is 3.95. The highest BCUT2D eigenvalue weighted by molar-refractivity contribution is 5.53. The van der Waals surface area contributed by atoms with E-state index in [0.717, 1.165) is 28.4 Å². The van der Waals surface area contributed by atoms with Crippen LogP contribution in [0.1, 0.15) is 5.69 Å². The molecule has 0 spiro atoms. The molecule has 4 nitrogen and oxygen atoms in total. The van der Waals surface area contributed by atoms with Gasteiger partial charge in [-0.25, -0.2) is 9.37 Å². The smallest absolute Gasteiger partial charge is 0.226 e. The van der Waals surface area contributed by atoms with Crippen molar-refractivity contribution in [3.05, 3.63) is 96.6 Å². The molecule has 1 heterocycles. The number of oxazole rings is 1. The Morgan fingerprint density at radius 3 is 2.30 bits per heavy atom. The van der Waals surface area contributed by atoms with Crippen LogP contribution in [0.5, 0.6) is 11.5 Å². The summed E-state index contributed by atoms with van der Waals surface area (Å²) < 4.78 is 24.2. The zero-order valence-corrected chi connectivity index (χ0v) is 14.4. The van der Waals surface area contributed by atoms with Gasteiger partial charge in [-0.1, -0.05) is 18.2 Å². The van der Waals surface area contributed by atoms with Gasteiger partial charge in [0.1, 0.15) is 23.6 Å². The first-order chi connectivity index (χ1) is 13.3. The Balaban J connectivity index is 1.35. The highest BCUT2D eigenvalue weighted by Crippen LogP contribution is 2.23. The van der Waals surface area contributed by atoms with Crippen molar-refractivity contribution < 1.29 is 13.5 Å². The van der Waals surface area contributed by atoms with E-state index in [9.17, 15) is 4.39 Å². The van der Waals surface area contributed by atoms with Crippen LogP contribution in [-0.4, -0.2) is 4.98 Å². The maximum atomic E-state index is 13.0. The number of benzene rings is 3. The Labute approximate surface area is 156 Å². The first kappa shape index (κ1) is 16.8. The largest absolute Gasteiger partial charge is 0.457 e. The predicted molar refractivity (Wildman–Crippen MR) is 102 cm³/mol. The lowest BCUT2D eigenvalue weighted by Crippen LogP contribution is -1.99. The molecule has 27 heavy (non-hydrogen) atoms. The van der Waals surface area contributed by atoms with Crippen LogP contribution in [0, 0.1) is 5.82 Å². The molecule has 4 aromatic rings. The molecule has 1 N–H and O–H groups in total. The Kier molecular flexibility index (Phi) is 4.83. The molecule has 134 valence electrons. The standard InChI is InChI=1S/C22H17FN2O2/c23-17-8-6-16(7-9-17)22-25-19(15-26-22)14-24-18-10-12-21(13-11-18)27-20-4-2-1-3-5-20/h1-13,15,24H,14H2. The summed E-state index contributed by atoms with van der Waals surface area (Å²) in [7, 11) is 0. The molecule has 0 atom stereocenters. The minimum atomic E-state index is -0.285. The Morgan fingerprint density at radius 1 is 0.852 bits per heavy atom. The van der Waals surface area contributed by atoms with Gasteiger partial charge in [0.2, 0.25) is 5.89 Å². The SMILES string of the molecule is Fc1ccc(-c2nc(CNc3ccc(Oc4ccccc4)cc3)co2)cc1. The molecule has 0 aliphatic heterocycles. The summed E-state index contributed by atoms with van der Waals surface area (Å²) in [6.45, 7) is 0.517. The van der Waals surface area contributed by atoms with Gasteiger partial charge in [0.05, 0.1) is 12.2 Å². The lowest BCUT2D eigenvalue weighted by molar-refractivity contribution is 0.483. The zero-order chi connectivity index (χ0) is 18.5. The van der Waals surface area contributed by atoms with Crippen LogP contribution in [-0.2, 0) is 6.54 Å². The van der Waals surface area contributed by atoms with E-state index >= 15 is 0 Å². The molecule has 4 rings (SSSR count). The Hall–Kier alpha value is -3.60. The number of aromatic nitrogens is 1. The molecule has 0 saturated heterocycles. The Bertz CT molecular complexity index is 997. The fourth-order valence-electron chi connectivity index (χ4n) is 2.57. The molecule has 0 unspecified atom stereocenters. The van der Waals surface area contributed by atoms with Crippen LogP contribution >= 0.6 is 0 Å². The quantitative estimate of drug-likeness (QED) is 0.466. The summed E-state index contributed by atoms with van der Waals surface area (Å²) in [6, 6.07) is 23.4. The minimum Gasteiger partial charge on any atom is -0.457 e. The summed E-state index contributed by atoms with van der Waals surface area (Å²) in [5.74, 6) is 1.76. The molecule has 0 bridgehead atoms. The lowest BCUT2D eigenvalue weighted by Gasteiger charge is -2.07. The number of ether oxygens (including phenoxy) is 1. The summed E-state index contributed by atoms with van der Waals surface area (Å²) >= 11 is 0. The Morgan fingerprint density at radius 2 is 1.56 bits per heavy atom. The first-order valence-corrected chi connectivity index (χ1v) is 8.53. The fraction of sp³-hybridized carbons (Fsp3) is 0.0455. The summed E-state index contributed by atoms with van der Waals surface area (Å²) in [5.41, 5.74) is 2.45. The topological polar surface area (TPSA) is 47.3 Å². The first-order valence-electron chi connectivity index (χ1n) is 8.53. The van der Waals surface area contributed by atoms with Crippen molar-refractivity contribution in [3.8, 4) is 23.0 Å². The minimum absolute atomic E-state index is 0.285. The van der Waals surface area contributed by atoms with Crippen LogP contribution in [0.2, 0.25) is 0 Å². The van der Waals surface area contributed by atoms with Gasteiger partial charge in [0, 0.05) is 11.3 Å². The van der Waals surface area contributed by atoms with Crippen molar-refractivity contribution in [1.82, 2.24) is 4.98 Å². The van der Waals surface area contributed by atoms with Gasteiger partial charge >= 0.3 is 0 Å². The lowest BCUT2D eigenvalue weighted by atomic mass is 10.2. The van der Waals surface area contributed by atoms with Crippen molar-refractivity contribution in [2.24, 2.45) is 0 Å². The van der Waals surface area contributed by atoms with Crippen molar-refractivity contribution in [2.45, 2.75) is 6.54 Å². The van der Waals surface area contributed by atoms with E-state index in [1.165, 1.54) is 12.1 Å². The fourth-order valence-corrected chi connectivity index (χ4v) is 2.57. The van der Waals surface area contributed by atoms with E-state index in [-0.39, 0.29) is 5.82 Å². The van der Waals surface area contributed by atoms with Gasteiger partial charge in [-0.2, -0.15) is 0 Å². The average molecular weight is 360 g/mol. The molecule has 3 aromatic carbocycles. The van der Waals surface area contributed by atoms with Crippen molar-refractivity contribution in [3.63, 3.8) is 0 Å². The highest BCUT2D eigenvalue weighted by Gasteiger charge is 2.07. The van der Waals surface area contributed by atoms with Gasteiger partial charge < -0.3 is 14.5 Å². The van der Waals surface area contributed by atoms with Crippen molar-refractivity contribution >= 4 is 5.69 Å². The molecule has 0 aliphatic rings. The molecule has 0 radical (unpaired) electrons. The number of hydrogen-bond donors (Lipinski definition) is 1. The molecule has 0 fully saturated rings. The molecule has 1 aromatic heterocycles. The number of rotatable bonds is 6. The van der Waals surface area contributed by atoms with Crippen LogP contribution < -0.4 is 10.1 Å². The maximum absolute atomic E-state index is 13.0. The number of halogens is 1. The van der Waals surface area contributed by atoms with Gasteiger partial charge in [-0.05, 0) is 60.7 Å². The van der Waals surface area contributed by atoms with E-state index in [2.05, 4.69) is 10.3 Å². The number of para-hydroxylation sites is 1. The zero-order valence-electron chi connectivity index (χ0n) is 14.4. The van der Waals surface area contributed by atoms with Gasteiger partial charge in [-0.15, -0.1) is 0 Å². The highest BCUT2D eigenvalue weighted by atomic mass is 19.1. The normalized spacial score (nSPS) is 10.6. The van der Waals surface area contributed by atoms with Gasteiger partial charge in [0.15, 0.2) is 0 Å². The number of nitrogens with zero attached hydrogens (tertiary/aromatic N) is 1. The third kappa shape index (κ3) is 4.33. The number of anilines is 1. The molecular weight excluding hydrogens is 343 g/mol. The summed E-state index contributed by atoms with van der Waals surface area (Å²) in [4.78, 5) is 4.42. The van der Waals surface area contributed by atoms with Crippen LogP contribution in [0.4, 0.5) is 10.1 Å². The van der Waals surface area contributed by atoms with Crippen LogP contribution in [0.3, 0.4) is 0 Å². The van der Waals surface area contributed by atoms with Gasteiger partial charge in [0.25, 0.3) is 0 Å². The van der Waals surface area contributed by atoms with Crippen LogP contribution in [0.15, 0.2) is 89.5 Å². The third-order valence-corrected chi connectivity index (χ3v) is 3.95. The molecule has 0 aliphatic carbocycles. The van der Waals surface area contributed by atoms with E-state index in [1.54, 1.807) is 18.4 Å². The summed E-state index contributed by atoms with van der Waals surface area (Å²) in [6.07, 6.45) is 1.60. The maximum Gasteiger partial charge on any atom is 0.226 e. The number of nitrogens with one attached hydrogen (secondary N) is 1. The predicted octanol–water partition coefficient (Wildman–Crippen LogP) is 5.89. The average Bonchev–Trinajstić information content (AvgIpc) is 3.18. The summed E-state index contributed by atoms with van der Waals surface area (Å²) in [5, 5.41) is 3.29. The molecule has 5 heteroatoms. The number of hydrogen-bond acceptors (Lipinski definition) is 4. The second-order valence-corrected chi connectivity index (χ2v) is 5.94. The molecule has 0 amide bonds. The van der Waals surface area contributed by atoms with Crippen molar-refractivity contribution in [1.29, 1.82) is 0 Å². The van der Waals surface area contributed by atoms with E-state index in [1.807, 2.05) is 54.6 Å². The monoisotopic (exact) mass is 360 g/mol. The van der Waals surface area contributed by atoms with E-state index in [4.69, 9.17) is 9.15 Å². The van der Waals surface area contributed by atoms with Crippen LogP contribution in [0.25, 0.3) is 11.5 Å². The molecule has 0 saturated carbocycles. The molecular formula is C22H17FN2O2. The van der Waals surface area contributed by atoms with E-state index < -0.39 is 0 Å². The second kappa shape index (κ2) is 7.74. The second-order valence-electron chi connectivity index (χ2n) is 5.94. The van der Waals surface area contributed by atoms with E-state index in [0.29, 0.717) is 12.4 Å².